The van der Waals surface area contributed by atoms with Gasteiger partial charge in [-0.15, -0.1) is 11.8 Å². The van der Waals surface area contributed by atoms with Crippen LogP contribution in [0.25, 0.3) is 0 Å². The molecule has 2 rings (SSSR count). The molecule has 0 spiro atoms. The van der Waals surface area contributed by atoms with Gasteiger partial charge in [0, 0.05) is 34.6 Å². The van der Waals surface area contributed by atoms with Crippen LogP contribution in [0.15, 0.2) is 33.6 Å². The Hall–Kier alpha value is -0.520. The summed E-state index contributed by atoms with van der Waals surface area (Å²) in [5.74, 6) is 1.09. The van der Waals surface area contributed by atoms with E-state index in [9.17, 15) is 4.79 Å². The molecule has 0 aliphatic carbocycles. The lowest BCUT2D eigenvalue weighted by atomic mass is 10.1. The molecule has 0 saturated carbocycles. The van der Waals surface area contributed by atoms with Gasteiger partial charge in [0.15, 0.2) is 0 Å². The number of carbonyl (C=O) groups excluding carboxylic acids is 1. The summed E-state index contributed by atoms with van der Waals surface area (Å²) in [6, 6.07) is 8.55. The van der Waals surface area contributed by atoms with Crippen molar-refractivity contribution in [3.8, 4) is 0 Å². The zero-order valence-electron chi connectivity index (χ0n) is 11.8. The van der Waals surface area contributed by atoms with Crippen molar-refractivity contribution in [1.29, 1.82) is 0 Å². The van der Waals surface area contributed by atoms with E-state index in [1.165, 1.54) is 4.90 Å². The summed E-state index contributed by atoms with van der Waals surface area (Å²) in [5, 5.41) is 3.33. The molecule has 5 heteroatoms. The van der Waals surface area contributed by atoms with Crippen molar-refractivity contribution in [1.82, 2.24) is 10.2 Å². The second-order valence-electron chi connectivity index (χ2n) is 5.01. The topological polar surface area (TPSA) is 32.3 Å². The Morgan fingerprint density at radius 2 is 2.10 bits per heavy atom. The van der Waals surface area contributed by atoms with Crippen molar-refractivity contribution in [3.05, 3.63) is 28.7 Å². The molecule has 0 bridgehead atoms. The lowest BCUT2D eigenvalue weighted by Crippen LogP contribution is -2.44. The van der Waals surface area contributed by atoms with Gasteiger partial charge in [-0.2, -0.15) is 0 Å². The van der Waals surface area contributed by atoms with Crippen molar-refractivity contribution in [2.45, 2.75) is 30.2 Å². The molecule has 110 valence electrons. The number of carbonyl (C=O) groups is 1. The van der Waals surface area contributed by atoms with E-state index in [0.717, 1.165) is 36.2 Å². The van der Waals surface area contributed by atoms with E-state index in [4.69, 9.17) is 0 Å². The van der Waals surface area contributed by atoms with E-state index in [1.807, 2.05) is 30.1 Å². The van der Waals surface area contributed by atoms with E-state index >= 15 is 0 Å². The molecule has 1 heterocycles. The largest absolute Gasteiger partial charge is 0.343 e. The fourth-order valence-corrected chi connectivity index (χ4v) is 3.89. The van der Waals surface area contributed by atoms with Gasteiger partial charge in [-0.1, -0.05) is 12.1 Å². The van der Waals surface area contributed by atoms with Crippen molar-refractivity contribution < 1.29 is 4.79 Å². The molecule has 1 aliphatic rings. The third kappa shape index (κ3) is 4.50. The molecule has 1 amide bonds. The van der Waals surface area contributed by atoms with Crippen molar-refractivity contribution in [2.24, 2.45) is 0 Å². The predicted octanol–water partition coefficient (Wildman–Crippen LogP) is 3.14. The Bertz CT molecular complexity index is 449. The first-order chi connectivity index (χ1) is 9.68. The summed E-state index contributed by atoms with van der Waals surface area (Å²) in [7, 11) is 1.95. The highest BCUT2D eigenvalue weighted by molar-refractivity contribution is 9.10. The number of nitrogens with zero attached hydrogens (tertiary/aromatic N) is 1. The molecule has 20 heavy (non-hydrogen) atoms. The lowest BCUT2D eigenvalue weighted by molar-refractivity contribution is -0.131. The molecule has 0 aromatic heterocycles. The highest BCUT2D eigenvalue weighted by Crippen LogP contribution is 2.27. The zero-order chi connectivity index (χ0) is 14.4. The quantitative estimate of drug-likeness (QED) is 0.822. The summed E-state index contributed by atoms with van der Waals surface area (Å²) in [5.41, 5.74) is 0. The summed E-state index contributed by atoms with van der Waals surface area (Å²) in [4.78, 5) is 15.3. The number of rotatable bonds is 5. The predicted molar refractivity (Wildman–Crippen MR) is 88.1 cm³/mol. The van der Waals surface area contributed by atoms with E-state index in [2.05, 4.69) is 27.3 Å². The Labute approximate surface area is 133 Å². The summed E-state index contributed by atoms with van der Waals surface area (Å²) in [6.45, 7) is 2.04. The summed E-state index contributed by atoms with van der Waals surface area (Å²) in [6.07, 6.45) is 2.74. The monoisotopic (exact) mass is 356 g/mol. The second-order valence-corrected chi connectivity index (χ2v) is 7.01. The second kappa shape index (κ2) is 8.05. The minimum atomic E-state index is 0.261. The Morgan fingerprint density at radius 3 is 2.80 bits per heavy atom. The first-order valence-electron chi connectivity index (χ1n) is 7.02. The van der Waals surface area contributed by atoms with Gasteiger partial charge in [-0.3, -0.25) is 4.79 Å². The number of thioether (sulfide) groups is 1. The van der Waals surface area contributed by atoms with Crippen LogP contribution in [0.1, 0.15) is 19.3 Å². The zero-order valence-corrected chi connectivity index (χ0v) is 14.2. The van der Waals surface area contributed by atoms with Crippen molar-refractivity contribution in [2.75, 3.05) is 25.9 Å². The molecule has 0 radical (unpaired) electrons. The molecule has 1 aromatic carbocycles. The van der Waals surface area contributed by atoms with E-state index in [-0.39, 0.29) is 5.91 Å². The Balaban J connectivity index is 1.76. The molecule has 0 atom stereocenters. The van der Waals surface area contributed by atoms with Gasteiger partial charge < -0.3 is 10.2 Å². The van der Waals surface area contributed by atoms with Gasteiger partial charge >= 0.3 is 0 Å². The number of piperidine rings is 1. The average molecular weight is 357 g/mol. The van der Waals surface area contributed by atoms with E-state index in [0.29, 0.717) is 12.5 Å². The van der Waals surface area contributed by atoms with Gasteiger partial charge in [-0.25, -0.2) is 0 Å². The fraction of sp³-hybridized carbons (Fsp3) is 0.533. The minimum Gasteiger partial charge on any atom is -0.343 e. The summed E-state index contributed by atoms with van der Waals surface area (Å²) < 4.78 is 1.10. The standard InChI is InChI=1S/C15H21BrN2OS/c1-18(12-6-9-17-10-7-12)15(19)8-11-20-14-5-3-2-4-13(14)16/h2-5,12,17H,6-11H2,1H3. The van der Waals surface area contributed by atoms with Crippen LogP contribution in [-0.4, -0.2) is 42.7 Å². The molecular formula is C15H21BrN2OS. The first kappa shape index (κ1) is 15.9. The van der Waals surface area contributed by atoms with Crippen molar-refractivity contribution >= 4 is 33.6 Å². The van der Waals surface area contributed by atoms with E-state index < -0.39 is 0 Å². The number of halogens is 1. The van der Waals surface area contributed by atoms with Crippen LogP contribution in [0.2, 0.25) is 0 Å². The maximum Gasteiger partial charge on any atom is 0.223 e. The molecule has 1 saturated heterocycles. The maximum absolute atomic E-state index is 12.2. The van der Waals surface area contributed by atoms with Crippen LogP contribution >= 0.6 is 27.7 Å². The van der Waals surface area contributed by atoms with Crippen LogP contribution in [0.5, 0.6) is 0 Å². The fourth-order valence-electron chi connectivity index (χ4n) is 2.38. The average Bonchev–Trinajstić information content (AvgIpc) is 2.49. The van der Waals surface area contributed by atoms with Gasteiger partial charge in [0.25, 0.3) is 0 Å². The molecule has 3 nitrogen and oxygen atoms in total. The normalized spacial score (nSPS) is 16.1. The van der Waals surface area contributed by atoms with Crippen LogP contribution in [0.3, 0.4) is 0 Å². The van der Waals surface area contributed by atoms with Crippen LogP contribution < -0.4 is 5.32 Å². The van der Waals surface area contributed by atoms with Crippen LogP contribution in [0, 0.1) is 0 Å². The third-order valence-electron chi connectivity index (χ3n) is 3.66. The minimum absolute atomic E-state index is 0.261. The van der Waals surface area contributed by atoms with Crippen molar-refractivity contribution in [3.63, 3.8) is 0 Å². The molecule has 1 aromatic rings. The number of hydrogen-bond acceptors (Lipinski definition) is 3. The molecule has 1 N–H and O–H groups in total. The first-order valence-corrected chi connectivity index (χ1v) is 8.80. The number of amides is 1. The number of hydrogen-bond donors (Lipinski definition) is 1. The van der Waals surface area contributed by atoms with Gasteiger partial charge in [-0.05, 0) is 54.0 Å². The smallest absolute Gasteiger partial charge is 0.223 e. The highest BCUT2D eigenvalue weighted by atomic mass is 79.9. The van der Waals surface area contributed by atoms with E-state index in [1.54, 1.807) is 11.8 Å². The van der Waals surface area contributed by atoms with Gasteiger partial charge in [0.05, 0.1) is 0 Å². The molecule has 0 unspecified atom stereocenters. The Morgan fingerprint density at radius 1 is 1.40 bits per heavy atom. The van der Waals surface area contributed by atoms with Gasteiger partial charge in [0.2, 0.25) is 5.91 Å². The summed E-state index contributed by atoms with van der Waals surface area (Å²) >= 11 is 5.26. The SMILES string of the molecule is CN(C(=O)CCSc1ccccc1Br)C1CCNCC1. The molecule has 1 fully saturated rings. The molecule has 1 aliphatic heterocycles. The highest BCUT2D eigenvalue weighted by Gasteiger charge is 2.21. The lowest BCUT2D eigenvalue weighted by Gasteiger charge is -2.31. The van der Waals surface area contributed by atoms with Crippen LogP contribution in [0.4, 0.5) is 0 Å². The van der Waals surface area contributed by atoms with Gasteiger partial charge in [0.1, 0.15) is 0 Å². The third-order valence-corrected chi connectivity index (χ3v) is 5.69. The molecular weight excluding hydrogens is 336 g/mol. The number of nitrogens with one attached hydrogen (secondary N) is 1. The maximum atomic E-state index is 12.2. The number of benzene rings is 1. The Kier molecular flexibility index (Phi) is 6.39. The van der Waals surface area contributed by atoms with Crippen LogP contribution in [-0.2, 0) is 4.79 Å².